The molecule has 1 saturated carbocycles. The fourth-order valence-corrected chi connectivity index (χ4v) is 5.38. The molecule has 198 valence electrons. The van der Waals surface area contributed by atoms with E-state index in [4.69, 9.17) is 5.14 Å². The number of hydrogen-bond acceptors (Lipinski definition) is 8. The molecule has 1 unspecified atom stereocenters. The summed E-state index contributed by atoms with van der Waals surface area (Å²) in [5, 5.41) is 17.9. The number of benzene rings is 1. The van der Waals surface area contributed by atoms with Crippen molar-refractivity contribution in [2.75, 3.05) is 11.9 Å². The van der Waals surface area contributed by atoms with Crippen molar-refractivity contribution in [1.82, 2.24) is 14.5 Å². The summed E-state index contributed by atoms with van der Waals surface area (Å²) >= 11 is 3.50. The van der Waals surface area contributed by atoms with Crippen molar-refractivity contribution in [2.45, 2.75) is 44.1 Å². The summed E-state index contributed by atoms with van der Waals surface area (Å²) in [6.07, 6.45) is 3.79. The molecule has 5 atom stereocenters. The minimum absolute atomic E-state index is 0.0208. The Bertz CT molecular complexity index is 1370. The summed E-state index contributed by atoms with van der Waals surface area (Å²) in [4.78, 5) is 21.5. The molecule has 2 heterocycles. The number of ketones is 1. The molecular formula is C24H27BrFN5O5S. The summed E-state index contributed by atoms with van der Waals surface area (Å²) in [6.45, 7) is 1.60. The van der Waals surface area contributed by atoms with Crippen LogP contribution < -0.4 is 10.5 Å². The molecule has 1 aromatic carbocycles. The molecule has 4 N–H and O–H groups in total. The van der Waals surface area contributed by atoms with E-state index in [-0.39, 0.29) is 29.6 Å². The highest BCUT2D eigenvalue weighted by Crippen LogP contribution is 2.33. The van der Waals surface area contributed by atoms with E-state index in [1.807, 2.05) is 35.0 Å². The highest BCUT2D eigenvalue weighted by Gasteiger charge is 2.44. The summed E-state index contributed by atoms with van der Waals surface area (Å²) < 4.78 is 44.4. The number of aromatic nitrogens is 3. The molecule has 37 heavy (non-hydrogen) atoms. The van der Waals surface area contributed by atoms with Crippen molar-refractivity contribution in [3.8, 4) is 0 Å². The van der Waals surface area contributed by atoms with Crippen LogP contribution in [0, 0.1) is 5.92 Å². The lowest BCUT2D eigenvalue weighted by molar-refractivity contribution is 0.0501. The van der Waals surface area contributed by atoms with Gasteiger partial charge in [-0.15, -0.1) is 0 Å². The molecule has 10 nitrogen and oxygen atoms in total. The average molecular weight is 596 g/mol. The minimum atomic E-state index is -4.23. The number of carbonyl (C=O) groups is 1. The first-order valence-corrected chi connectivity index (χ1v) is 13.9. The molecule has 3 aromatic rings. The summed E-state index contributed by atoms with van der Waals surface area (Å²) in [5.74, 6) is -1.06. The number of hydrogen-bond donors (Lipinski definition) is 3. The maximum atomic E-state index is 14.8. The second-order valence-electron chi connectivity index (χ2n) is 8.90. The average Bonchev–Trinajstić information content (AvgIpc) is 3.44. The zero-order valence-electron chi connectivity index (χ0n) is 19.9. The molecule has 1 fully saturated rings. The number of nitrogens with two attached hydrogens (primary N) is 1. The molecule has 1 aliphatic rings. The number of nitrogens with zero attached hydrogens (tertiary/aromatic N) is 3. The first-order valence-electron chi connectivity index (χ1n) is 11.6. The predicted octanol–water partition coefficient (Wildman–Crippen LogP) is 2.99. The Balaban J connectivity index is 1.52. The fourth-order valence-electron chi connectivity index (χ4n) is 4.60. The van der Waals surface area contributed by atoms with E-state index in [0.717, 1.165) is 16.5 Å². The maximum absolute atomic E-state index is 14.8. The summed E-state index contributed by atoms with van der Waals surface area (Å²) in [6, 6.07) is 8.76. The normalized spacial score (nSPS) is 22.6. The van der Waals surface area contributed by atoms with Crippen LogP contribution in [0.2, 0.25) is 0 Å². The number of carbonyl (C=O) groups excluding carboxylic acids is 1. The van der Waals surface area contributed by atoms with Crippen LogP contribution in [0.15, 0.2) is 59.7 Å². The number of nitrogens with one attached hydrogen (secondary N) is 1. The van der Waals surface area contributed by atoms with Crippen molar-refractivity contribution in [1.29, 1.82) is 0 Å². The summed E-state index contributed by atoms with van der Waals surface area (Å²) in [7, 11) is -4.23. The topological polar surface area (TPSA) is 149 Å². The molecule has 1 aliphatic carbocycles. The van der Waals surface area contributed by atoms with Crippen molar-refractivity contribution < 1.29 is 26.9 Å². The van der Waals surface area contributed by atoms with Crippen LogP contribution in [0.1, 0.15) is 47.3 Å². The van der Waals surface area contributed by atoms with Gasteiger partial charge in [-0.1, -0.05) is 35.0 Å². The number of aliphatic hydroxyl groups excluding tert-OH is 1. The van der Waals surface area contributed by atoms with Crippen LogP contribution in [0.25, 0.3) is 0 Å². The van der Waals surface area contributed by atoms with Gasteiger partial charge in [-0.05, 0) is 36.6 Å². The lowest BCUT2D eigenvalue weighted by Gasteiger charge is -2.18. The van der Waals surface area contributed by atoms with E-state index >= 15 is 0 Å². The van der Waals surface area contributed by atoms with Crippen molar-refractivity contribution in [3.05, 3.63) is 76.4 Å². The lowest BCUT2D eigenvalue weighted by atomic mass is 10.0. The van der Waals surface area contributed by atoms with Gasteiger partial charge >= 0.3 is 10.3 Å². The zero-order chi connectivity index (χ0) is 26.7. The van der Waals surface area contributed by atoms with Gasteiger partial charge in [0, 0.05) is 34.5 Å². The minimum Gasteiger partial charge on any atom is -0.390 e. The molecule has 0 bridgehead atoms. The van der Waals surface area contributed by atoms with E-state index in [1.165, 1.54) is 12.5 Å². The van der Waals surface area contributed by atoms with Crippen molar-refractivity contribution in [3.63, 3.8) is 0 Å². The van der Waals surface area contributed by atoms with Crippen LogP contribution in [0.3, 0.4) is 0 Å². The molecule has 0 saturated heterocycles. The molecule has 4 rings (SSSR count). The Kier molecular flexibility index (Phi) is 8.39. The molecule has 0 amide bonds. The van der Waals surface area contributed by atoms with Crippen molar-refractivity contribution >= 4 is 37.8 Å². The van der Waals surface area contributed by atoms with Gasteiger partial charge in [0.1, 0.15) is 18.3 Å². The molecular weight excluding hydrogens is 569 g/mol. The van der Waals surface area contributed by atoms with Gasteiger partial charge in [-0.25, -0.2) is 19.5 Å². The van der Waals surface area contributed by atoms with E-state index in [9.17, 15) is 22.7 Å². The van der Waals surface area contributed by atoms with Gasteiger partial charge in [-0.2, -0.15) is 8.42 Å². The second kappa shape index (κ2) is 11.4. The zero-order valence-corrected chi connectivity index (χ0v) is 22.3. The number of aliphatic hydroxyl groups is 1. The lowest BCUT2D eigenvalue weighted by Crippen LogP contribution is -2.33. The van der Waals surface area contributed by atoms with Gasteiger partial charge < -0.3 is 15.0 Å². The molecule has 13 heteroatoms. The number of alkyl halides is 1. The fraction of sp³-hybridized carbons (Fsp3) is 0.375. The maximum Gasteiger partial charge on any atom is 0.333 e. The van der Waals surface area contributed by atoms with Crippen LogP contribution in [-0.2, 0) is 14.5 Å². The Morgan fingerprint density at radius 3 is 2.89 bits per heavy atom. The first-order chi connectivity index (χ1) is 17.6. The van der Waals surface area contributed by atoms with Crippen molar-refractivity contribution in [2.24, 2.45) is 11.1 Å². The first kappa shape index (κ1) is 27.3. The van der Waals surface area contributed by atoms with E-state index in [2.05, 4.69) is 42.3 Å². The second-order valence-corrected chi connectivity index (χ2v) is 11.0. The van der Waals surface area contributed by atoms with Gasteiger partial charge in [0.25, 0.3) is 0 Å². The smallest absolute Gasteiger partial charge is 0.333 e. The Morgan fingerprint density at radius 2 is 2.19 bits per heavy atom. The highest BCUT2D eigenvalue weighted by atomic mass is 79.9. The Hall–Kier alpha value is -2.71. The molecule has 0 radical (unpaired) electrons. The Morgan fingerprint density at radius 1 is 1.41 bits per heavy atom. The third-order valence-electron chi connectivity index (χ3n) is 6.43. The number of halogens is 2. The Labute approximate surface area is 222 Å². The van der Waals surface area contributed by atoms with Crippen LogP contribution >= 0.6 is 15.9 Å². The third kappa shape index (κ3) is 6.41. The van der Waals surface area contributed by atoms with E-state index in [1.54, 1.807) is 12.3 Å². The largest absolute Gasteiger partial charge is 0.390 e. The van der Waals surface area contributed by atoms with Crippen LogP contribution in [-0.4, -0.2) is 58.8 Å². The van der Waals surface area contributed by atoms with E-state index < -0.39 is 41.1 Å². The predicted molar refractivity (Wildman–Crippen MR) is 138 cm³/mol. The third-order valence-corrected chi connectivity index (χ3v) is 7.39. The molecule has 2 aromatic heterocycles. The monoisotopic (exact) mass is 595 g/mol. The standard InChI is InChI=1S/C24H27BrFN5O5S/c1-2-20(14-4-3-5-17(25)8-14)31-7-6-15(11-31)22(32)18-10-28-13-29-24(18)30-19-9-16(23(33)21(19)26)12-36-37(27,34)35/h3-8,10-11,13,16,19-21,23,33H,2,9,12H2,1H3,(H2,27,34,35)(H,28,29,30)/t16-,19-,20?,21-,23-/m1/s1. The van der Waals surface area contributed by atoms with E-state index in [0.29, 0.717) is 5.56 Å². The molecule has 0 aliphatic heterocycles. The van der Waals surface area contributed by atoms with Gasteiger partial charge in [0.05, 0.1) is 30.4 Å². The summed E-state index contributed by atoms with van der Waals surface area (Å²) in [5.41, 5.74) is 1.64. The SMILES string of the molecule is CCC(c1cccc(Br)c1)n1ccc(C(=O)c2cncnc2N[C@@H]2C[C@H](COS(N)(=O)=O)[C@@H](O)[C@@H]2F)c1. The quantitative estimate of drug-likeness (QED) is 0.303. The van der Waals surface area contributed by atoms with Gasteiger partial charge in [0.15, 0.2) is 5.78 Å². The highest BCUT2D eigenvalue weighted by molar-refractivity contribution is 9.10. The number of rotatable bonds is 10. The van der Waals surface area contributed by atoms with Crippen LogP contribution in [0.4, 0.5) is 10.2 Å². The van der Waals surface area contributed by atoms with Crippen LogP contribution in [0.5, 0.6) is 0 Å². The van der Waals surface area contributed by atoms with Gasteiger partial charge in [0.2, 0.25) is 0 Å². The van der Waals surface area contributed by atoms with Gasteiger partial charge in [-0.3, -0.25) is 8.98 Å². The number of anilines is 1. The molecule has 0 spiro atoms.